The van der Waals surface area contributed by atoms with E-state index in [0.717, 1.165) is 16.7 Å². The second-order valence-corrected chi connectivity index (χ2v) is 11.6. The van der Waals surface area contributed by atoms with Crippen LogP contribution < -0.4 is 14.8 Å². The fourth-order valence-electron chi connectivity index (χ4n) is 4.51. The Balaban J connectivity index is 1.50. The Kier molecular flexibility index (Phi) is 8.91. The molecular formula is C30H28BrClN4O4S. The van der Waals surface area contributed by atoms with Crippen LogP contribution in [0.1, 0.15) is 35.2 Å². The van der Waals surface area contributed by atoms with Crippen molar-refractivity contribution < 1.29 is 19.0 Å². The van der Waals surface area contributed by atoms with Crippen molar-refractivity contribution in [1.29, 1.82) is 0 Å². The van der Waals surface area contributed by atoms with E-state index in [1.54, 1.807) is 11.8 Å². The predicted molar refractivity (Wildman–Crippen MR) is 164 cm³/mol. The first-order valence-corrected chi connectivity index (χ1v) is 14.9. The molecule has 212 valence electrons. The number of fused-ring (bicyclic) bond motifs is 1. The fourth-order valence-corrected chi connectivity index (χ4v) is 6.20. The third-order valence-corrected chi connectivity index (χ3v) is 8.47. The highest BCUT2D eigenvalue weighted by Gasteiger charge is 2.36. The highest BCUT2D eigenvalue weighted by molar-refractivity contribution is 9.10. The van der Waals surface area contributed by atoms with Gasteiger partial charge in [-0.05, 0) is 64.7 Å². The van der Waals surface area contributed by atoms with Gasteiger partial charge >= 0.3 is 5.97 Å². The molecular weight excluding hydrogens is 628 g/mol. The van der Waals surface area contributed by atoms with Crippen molar-refractivity contribution in [3.63, 3.8) is 0 Å². The van der Waals surface area contributed by atoms with Crippen LogP contribution >= 0.6 is 39.3 Å². The first-order valence-electron chi connectivity index (χ1n) is 12.7. The molecule has 1 unspecified atom stereocenters. The first kappa shape index (κ1) is 29.0. The number of rotatable bonds is 9. The Morgan fingerprint density at radius 1 is 1.12 bits per heavy atom. The van der Waals surface area contributed by atoms with E-state index in [9.17, 15) is 4.79 Å². The summed E-state index contributed by atoms with van der Waals surface area (Å²) in [5, 5.41) is 9.22. The van der Waals surface area contributed by atoms with Crippen LogP contribution in [0.15, 0.2) is 81.6 Å². The highest BCUT2D eigenvalue weighted by Crippen LogP contribution is 2.43. The molecule has 0 saturated carbocycles. The molecule has 0 aliphatic carbocycles. The second-order valence-electron chi connectivity index (χ2n) is 9.41. The van der Waals surface area contributed by atoms with Crippen LogP contribution in [0.2, 0.25) is 5.02 Å². The summed E-state index contributed by atoms with van der Waals surface area (Å²) in [7, 11) is 2.94. The molecule has 0 fully saturated rings. The van der Waals surface area contributed by atoms with Crippen LogP contribution in [0.4, 0.5) is 5.95 Å². The zero-order valence-electron chi connectivity index (χ0n) is 22.9. The van der Waals surface area contributed by atoms with E-state index >= 15 is 0 Å². The Bertz CT molecular complexity index is 1620. The molecule has 8 nitrogen and oxygen atoms in total. The zero-order chi connectivity index (χ0) is 29.1. The zero-order valence-corrected chi connectivity index (χ0v) is 26.1. The van der Waals surface area contributed by atoms with Gasteiger partial charge in [0.2, 0.25) is 11.1 Å². The number of thioether (sulfide) groups is 1. The normalized spacial score (nSPS) is 14.3. The minimum Gasteiger partial charge on any atom is -0.493 e. The van der Waals surface area contributed by atoms with Crippen LogP contribution in [0.3, 0.4) is 0 Å². The van der Waals surface area contributed by atoms with Crippen molar-refractivity contribution in [3.8, 4) is 11.5 Å². The molecule has 0 saturated heterocycles. The van der Waals surface area contributed by atoms with Gasteiger partial charge in [-0.3, -0.25) is 0 Å². The van der Waals surface area contributed by atoms with E-state index in [1.165, 1.54) is 24.4 Å². The van der Waals surface area contributed by atoms with E-state index in [-0.39, 0.29) is 0 Å². The summed E-state index contributed by atoms with van der Waals surface area (Å²) in [5.74, 6) is 1.70. The molecule has 1 N–H and O–H groups in total. The van der Waals surface area contributed by atoms with Gasteiger partial charge in [-0.25, -0.2) is 9.48 Å². The third-order valence-electron chi connectivity index (χ3n) is 6.62. The van der Waals surface area contributed by atoms with Gasteiger partial charge in [-0.1, -0.05) is 71.4 Å². The Morgan fingerprint density at radius 2 is 1.88 bits per heavy atom. The molecule has 1 aromatic heterocycles. The summed E-state index contributed by atoms with van der Waals surface area (Å²) in [6.45, 7) is 4.23. The molecule has 2 heterocycles. The van der Waals surface area contributed by atoms with Gasteiger partial charge in [0.05, 0.1) is 24.3 Å². The summed E-state index contributed by atoms with van der Waals surface area (Å²) < 4.78 is 19.5. The Hall–Kier alpha value is -3.47. The molecule has 41 heavy (non-hydrogen) atoms. The Morgan fingerprint density at radius 3 is 2.59 bits per heavy atom. The molecule has 0 spiro atoms. The van der Waals surface area contributed by atoms with Gasteiger partial charge in [0.25, 0.3) is 0 Å². The Labute approximate surface area is 256 Å². The number of aromatic nitrogens is 3. The first-order chi connectivity index (χ1) is 19.8. The monoisotopic (exact) mass is 654 g/mol. The number of ether oxygens (including phenoxy) is 3. The van der Waals surface area contributed by atoms with E-state index in [0.29, 0.717) is 55.7 Å². The maximum atomic E-state index is 13.0. The van der Waals surface area contributed by atoms with Crippen molar-refractivity contribution in [3.05, 3.63) is 104 Å². The lowest BCUT2D eigenvalue weighted by atomic mass is 9.95. The topological polar surface area (TPSA) is 87.5 Å². The van der Waals surface area contributed by atoms with Crippen molar-refractivity contribution in [2.24, 2.45) is 0 Å². The van der Waals surface area contributed by atoms with Gasteiger partial charge in [0, 0.05) is 16.5 Å². The predicted octanol–water partition coefficient (Wildman–Crippen LogP) is 7.34. The fraction of sp³-hybridized carbons (Fsp3) is 0.233. The van der Waals surface area contributed by atoms with Crippen molar-refractivity contribution in [2.45, 2.75) is 37.4 Å². The van der Waals surface area contributed by atoms with Crippen molar-refractivity contribution in [2.75, 3.05) is 19.5 Å². The SMILES string of the molecule is COC(=O)C1=C(C)Nc2nc(SCc3ccccc3Cl)nn2C1c1cc(Br)c(OCc2ccc(C)cc2)c(OC)c1. The number of carbonyl (C=O) groups is 1. The summed E-state index contributed by atoms with van der Waals surface area (Å²) in [5.41, 5.74) is 4.98. The van der Waals surface area contributed by atoms with Crippen LogP contribution in [-0.2, 0) is 21.9 Å². The van der Waals surface area contributed by atoms with Gasteiger partial charge < -0.3 is 19.5 Å². The summed E-state index contributed by atoms with van der Waals surface area (Å²) >= 11 is 11.5. The van der Waals surface area contributed by atoms with Crippen LogP contribution in [0.25, 0.3) is 0 Å². The molecule has 5 rings (SSSR count). The van der Waals surface area contributed by atoms with E-state index in [4.69, 9.17) is 35.9 Å². The summed E-state index contributed by atoms with van der Waals surface area (Å²) in [6, 6.07) is 19.0. The molecule has 1 aliphatic heterocycles. The van der Waals surface area contributed by atoms with E-state index in [2.05, 4.69) is 21.2 Å². The maximum Gasteiger partial charge on any atom is 0.338 e. The number of nitrogens with zero attached hydrogens (tertiary/aromatic N) is 3. The van der Waals surface area contributed by atoms with Crippen LogP contribution in [0.5, 0.6) is 11.5 Å². The molecule has 1 atom stereocenters. The molecule has 1 aliphatic rings. The van der Waals surface area contributed by atoms with E-state index in [1.807, 2.05) is 74.5 Å². The highest BCUT2D eigenvalue weighted by atomic mass is 79.9. The maximum absolute atomic E-state index is 13.0. The number of hydrogen-bond donors (Lipinski definition) is 1. The van der Waals surface area contributed by atoms with Crippen LogP contribution in [0, 0.1) is 6.92 Å². The summed E-state index contributed by atoms with van der Waals surface area (Å²) in [6.07, 6.45) is 0. The summed E-state index contributed by atoms with van der Waals surface area (Å²) in [4.78, 5) is 17.7. The molecule has 0 radical (unpaired) electrons. The molecule has 0 amide bonds. The molecule has 0 bridgehead atoms. The third kappa shape index (κ3) is 6.24. The number of benzene rings is 3. The number of hydrogen-bond acceptors (Lipinski definition) is 8. The second kappa shape index (κ2) is 12.6. The smallest absolute Gasteiger partial charge is 0.338 e. The number of aryl methyl sites for hydroxylation is 1. The lowest BCUT2D eigenvalue weighted by molar-refractivity contribution is -0.136. The average Bonchev–Trinajstić information content (AvgIpc) is 3.37. The largest absolute Gasteiger partial charge is 0.493 e. The van der Waals surface area contributed by atoms with Gasteiger partial charge in [-0.2, -0.15) is 4.98 Å². The number of methoxy groups -OCH3 is 2. The van der Waals surface area contributed by atoms with Crippen LogP contribution in [-0.4, -0.2) is 35.0 Å². The number of carbonyl (C=O) groups excluding carboxylic acids is 1. The molecule has 11 heteroatoms. The average molecular weight is 656 g/mol. The quantitative estimate of drug-likeness (QED) is 0.148. The number of esters is 1. The van der Waals surface area contributed by atoms with Crippen molar-refractivity contribution in [1.82, 2.24) is 14.8 Å². The minimum atomic E-state index is -0.628. The van der Waals surface area contributed by atoms with Gasteiger partial charge in [0.15, 0.2) is 11.5 Å². The minimum absolute atomic E-state index is 0.369. The van der Waals surface area contributed by atoms with E-state index < -0.39 is 12.0 Å². The number of halogens is 2. The standard InChI is InChI=1S/C30H28BrClN4O4S/c1-17-9-11-19(12-10-17)15-40-27-22(31)13-21(14-24(27)38-3)26-25(28(37)39-4)18(2)33-29-34-30(35-36(26)29)41-16-20-7-5-6-8-23(20)32/h5-14,26H,15-16H2,1-4H3,(H,33,34,35). The number of allylic oxidation sites excluding steroid dienone is 1. The number of nitrogens with one attached hydrogen (secondary N) is 1. The lowest BCUT2D eigenvalue weighted by Crippen LogP contribution is -2.29. The van der Waals surface area contributed by atoms with Gasteiger partial charge in [-0.15, -0.1) is 5.10 Å². The molecule has 3 aromatic carbocycles. The number of anilines is 1. The van der Waals surface area contributed by atoms with Gasteiger partial charge in [0.1, 0.15) is 12.6 Å². The lowest BCUT2D eigenvalue weighted by Gasteiger charge is -2.28. The molecule has 4 aromatic rings. The van der Waals surface area contributed by atoms with Crippen molar-refractivity contribution >= 4 is 51.2 Å².